The van der Waals surface area contributed by atoms with Crippen molar-refractivity contribution in [2.24, 2.45) is 0 Å². The smallest absolute Gasteiger partial charge is 0.261 e. The minimum atomic E-state index is -0.558. The van der Waals surface area contributed by atoms with Crippen molar-refractivity contribution >= 4 is 17.5 Å². The number of aliphatic hydroxyl groups excluding tert-OH is 1. The molecular formula is C12H14ClNO3. The average molecular weight is 256 g/mol. The molecule has 2 rings (SSSR count). The van der Waals surface area contributed by atoms with Crippen LogP contribution in [0.4, 0.5) is 0 Å². The van der Waals surface area contributed by atoms with Crippen molar-refractivity contribution in [3.8, 4) is 5.75 Å². The van der Waals surface area contributed by atoms with E-state index >= 15 is 0 Å². The Bertz CT molecular complexity index is 434. The highest BCUT2D eigenvalue weighted by atomic mass is 35.5. The van der Waals surface area contributed by atoms with Crippen LogP contribution in [-0.4, -0.2) is 29.8 Å². The molecule has 1 aliphatic heterocycles. The normalized spacial score (nSPS) is 19.4. The van der Waals surface area contributed by atoms with E-state index in [2.05, 4.69) is 5.32 Å². The number of rotatable bonds is 3. The summed E-state index contributed by atoms with van der Waals surface area (Å²) in [7, 11) is 0. The van der Waals surface area contributed by atoms with Crippen LogP contribution in [0.15, 0.2) is 18.2 Å². The van der Waals surface area contributed by atoms with Gasteiger partial charge in [-0.2, -0.15) is 0 Å². The Morgan fingerprint density at radius 3 is 3.18 bits per heavy atom. The van der Waals surface area contributed by atoms with E-state index in [1.807, 2.05) is 0 Å². The van der Waals surface area contributed by atoms with Gasteiger partial charge in [-0.3, -0.25) is 4.79 Å². The van der Waals surface area contributed by atoms with Crippen molar-refractivity contribution < 1.29 is 14.6 Å². The first kappa shape index (κ1) is 12.2. The zero-order valence-corrected chi connectivity index (χ0v) is 10.2. The zero-order chi connectivity index (χ0) is 12.4. The summed E-state index contributed by atoms with van der Waals surface area (Å²) in [5.74, 6) is 0.491. The van der Waals surface area contributed by atoms with Crippen molar-refractivity contribution in [3.63, 3.8) is 0 Å². The lowest BCUT2D eigenvalue weighted by Crippen LogP contribution is -2.40. The van der Waals surface area contributed by atoms with E-state index in [1.165, 1.54) is 0 Å². The lowest BCUT2D eigenvalue weighted by atomic mass is 10.1. The third-order valence-corrected chi connectivity index (χ3v) is 2.80. The zero-order valence-electron chi connectivity index (χ0n) is 9.44. The highest BCUT2D eigenvalue weighted by Gasteiger charge is 2.29. The van der Waals surface area contributed by atoms with E-state index < -0.39 is 12.2 Å². The third kappa shape index (κ3) is 2.90. The van der Waals surface area contributed by atoms with Crippen LogP contribution in [0.25, 0.3) is 0 Å². The number of amides is 1. The van der Waals surface area contributed by atoms with Crippen LogP contribution < -0.4 is 10.1 Å². The molecule has 92 valence electrons. The molecule has 1 amide bonds. The lowest BCUT2D eigenvalue weighted by molar-refractivity contribution is -0.127. The average Bonchev–Trinajstić information content (AvgIpc) is 2.68. The van der Waals surface area contributed by atoms with Crippen molar-refractivity contribution in [3.05, 3.63) is 28.8 Å². The maximum absolute atomic E-state index is 11.7. The molecule has 0 radical (unpaired) electrons. The van der Waals surface area contributed by atoms with Crippen molar-refractivity contribution in [1.29, 1.82) is 0 Å². The fourth-order valence-corrected chi connectivity index (χ4v) is 1.92. The molecule has 1 aromatic carbocycles. The van der Waals surface area contributed by atoms with Gasteiger partial charge in [-0.1, -0.05) is 11.6 Å². The SMILES string of the molecule is C[C@H](O)CNC(=O)C1Cc2cc(Cl)ccc2O1. The number of hydrogen-bond acceptors (Lipinski definition) is 3. The highest BCUT2D eigenvalue weighted by Crippen LogP contribution is 2.30. The number of hydrogen-bond donors (Lipinski definition) is 2. The van der Waals surface area contributed by atoms with E-state index in [-0.39, 0.29) is 12.5 Å². The maximum Gasteiger partial charge on any atom is 0.261 e. The minimum absolute atomic E-state index is 0.210. The Morgan fingerprint density at radius 2 is 2.47 bits per heavy atom. The molecule has 17 heavy (non-hydrogen) atoms. The summed E-state index contributed by atoms with van der Waals surface area (Å²) in [6.07, 6.45) is -0.568. The molecule has 0 spiro atoms. The van der Waals surface area contributed by atoms with Crippen molar-refractivity contribution in [2.45, 2.75) is 25.6 Å². The number of nitrogens with one attached hydrogen (secondary N) is 1. The quantitative estimate of drug-likeness (QED) is 0.852. The monoisotopic (exact) mass is 255 g/mol. The van der Waals surface area contributed by atoms with Crippen molar-refractivity contribution in [1.82, 2.24) is 5.32 Å². The summed E-state index contributed by atoms with van der Waals surface area (Å²) in [4.78, 5) is 11.7. The molecule has 0 saturated carbocycles. The summed E-state index contributed by atoms with van der Waals surface area (Å²) >= 11 is 5.86. The second-order valence-electron chi connectivity index (χ2n) is 4.16. The molecule has 1 unspecified atom stereocenters. The summed E-state index contributed by atoms with van der Waals surface area (Å²) in [6.45, 7) is 1.85. The van der Waals surface area contributed by atoms with Gasteiger partial charge in [0.1, 0.15) is 5.75 Å². The van der Waals surface area contributed by atoms with E-state index in [4.69, 9.17) is 21.4 Å². The first-order chi connectivity index (χ1) is 8.06. The van der Waals surface area contributed by atoms with Gasteiger partial charge in [0.05, 0.1) is 6.10 Å². The van der Waals surface area contributed by atoms with Crippen molar-refractivity contribution in [2.75, 3.05) is 6.54 Å². The van der Waals surface area contributed by atoms with Crippen LogP contribution in [0, 0.1) is 0 Å². The van der Waals surface area contributed by atoms with Gasteiger partial charge in [-0.15, -0.1) is 0 Å². The molecule has 2 N–H and O–H groups in total. The first-order valence-electron chi connectivity index (χ1n) is 5.47. The molecule has 0 fully saturated rings. The summed E-state index contributed by atoms with van der Waals surface area (Å²) in [5, 5.41) is 12.3. The number of carbonyl (C=O) groups excluding carboxylic acids is 1. The number of aliphatic hydroxyl groups is 1. The standard InChI is InChI=1S/C12H14ClNO3/c1-7(15)6-14-12(16)11-5-8-4-9(13)2-3-10(8)17-11/h2-4,7,11,15H,5-6H2,1H3,(H,14,16)/t7-,11?/m0/s1. The molecule has 0 aliphatic carbocycles. The molecule has 1 aromatic rings. The number of carbonyl (C=O) groups is 1. The van der Waals surface area contributed by atoms with Crippen LogP contribution in [0.3, 0.4) is 0 Å². The lowest BCUT2D eigenvalue weighted by Gasteiger charge is -2.12. The molecule has 0 saturated heterocycles. The Hall–Kier alpha value is -1.26. The first-order valence-corrected chi connectivity index (χ1v) is 5.85. The van der Waals surface area contributed by atoms with Crippen LogP contribution >= 0.6 is 11.6 Å². The molecular weight excluding hydrogens is 242 g/mol. The van der Waals surface area contributed by atoms with E-state index in [0.29, 0.717) is 17.2 Å². The Morgan fingerprint density at radius 1 is 1.71 bits per heavy atom. The molecule has 1 aliphatic rings. The summed E-state index contributed by atoms with van der Waals surface area (Å²) < 4.78 is 5.50. The molecule has 0 aromatic heterocycles. The van der Waals surface area contributed by atoms with Gasteiger partial charge in [0.2, 0.25) is 0 Å². The number of fused-ring (bicyclic) bond motifs is 1. The number of benzene rings is 1. The van der Waals surface area contributed by atoms with Gasteiger partial charge in [-0.25, -0.2) is 0 Å². The van der Waals surface area contributed by atoms with Gasteiger partial charge in [0, 0.05) is 18.0 Å². The van der Waals surface area contributed by atoms with Crippen LogP contribution in [0.2, 0.25) is 5.02 Å². The third-order valence-electron chi connectivity index (χ3n) is 2.56. The molecule has 4 nitrogen and oxygen atoms in total. The van der Waals surface area contributed by atoms with Crippen LogP contribution in [-0.2, 0) is 11.2 Å². The van der Waals surface area contributed by atoms with Gasteiger partial charge < -0.3 is 15.2 Å². The topological polar surface area (TPSA) is 58.6 Å². The predicted octanol–water partition coefficient (Wildman–Crippen LogP) is 1.14. The van der Waals surface area contributed by atoms with E-state index in [1.54, 1.807) is 25.1 Å². The highest BCUT2D eigenvalue weighted by molar-refractivity contribution is 6.30. The van der Waals surface area contributed by atoms with Gasteiger partial charge in [0.15, 0.2) is 6.10 Å². The van der Waals surface area contributed by atoms with Gasteiger partial charge in [0.25, 0.3) is 5.91 Å². The van der Waals surface area contributed by atoms with E-state index in [0.717, 1.165) is 5.56 Å². The summed E-state index contributed by atoms with van der Waals surface area (Å²) in [5.41, 5.74) is 0.940. The fourth-order valence-electron chi connectivity index (χ4n) is 1.73. The Balaban J connectivity index is 1.97. The Labute approximate surface area is 105 Å². The van der Waals surface area contributed by atoms with E-state index in [9.17, 15) is 4.79 Å². The number of ether oxygens (including phenoxy) is 1. The van der Waals surface area contributed by atoms with Gasteiger partial charge in [-0.05, 0) is 30.7 Å². The number of halogens is 1. The fraction of sp³-hybridized carbons (Fsp3) is 0.417. The second kappa shape index (κ2) is 4.94. The molecule has 0 bridgehead atoms. The predicted molar refractivity (Wildman–Crippen MR) is 64.3 cm³/mol. The Kier molecular flexibility index (Phi) is 3.54. The van der Waals surface area contributed by atoms with Crippen LogP contribution in [0.5, 0.6) is 5.75 Å². The summed E-state index contributed by atoms with van der Waals surface area (Å²) in [6, 6.07) is 5.30. The molecule has 5 heteroatoms. The molecule has 2 atom stereocenters. The largest absolute Gasteiger partial charge is 0.480 e. The minimum Gasteiger partial charge on any atom is -0.480 e. The van der Waals surface area contributed by atoms with Gasteiger partial charge >= 0.3 is 0 Å². The van der Waals surface area contributed by atoms with Crippen LogP contribution in [0.1, 0.15) is 12.5 Å². The second-order valence-corrected chi connectivity index (χ2v) is 4.59. The molecule has 1 heterocycles. The maximum atomic E-state index is 11.7.